The molecule has 0 spiro atoms. The van der Waals surface area contributed by atoms with Gasteiger partial charge in [0, 0.05) is 28.7 Å². The smallest absolute Gasteiger partial charge is 0.150 e. The van der Waals surface area contributed by atoms with Crippen molar-refractivity contribution >= 4 is 34.9 Å². The second-order valence-corrected chi connectivity index (χ2v) is 11.3. The lowest BCUT2D eigenvalue weighted by Crippen LogP contribution is -2.10. The number of nitrogens with zero attached hydrogens (tertiary/aromatic N) is 1. The minimum Gasteiger partial charge on any atom is -0.497 e. The SMILES string of the molecule is COc1ccc(C(=CN(c2ccc(C=CC=C(c3ccccc3)c3ccccc3)cc2)c2ccc(OC)cc2)c2ccc(C=O)cc2)cc1. The summed E-state index contributed by atoms with van der Waals surface area (Å²) < 4.78 is 10.9. The summed E-state index contributed by atoms with van der Waals surface area (Å²) in [6, 6.07) is 53.1. The number of carbonyl (C=O) groups excluding carboxylic acids is 1. The first-order chi connectivity index (χ1) is 24.1. The second kappa shape index (κ2) is 15.9. The summed E-state index contributed by atoms with van der Waals surface area (Å²) in [5.41, 5.74) is 10.2. The first kappa shape index (κ1) is 32.5. The van der Waals surface area contributed by atoms with Gasteiger partial charge in [0.25, 0.3) is 0 Å². The fourth-order valence-electron chi connectivity index (χ4n) is 5.59. The molecule has 0 radical (unpaired) electrons. The van der Waals surface area contributed by atoms with Crippen LogP contribution in [0.3, 0.4) is 0 Å². The molecule has 0 fully saturated rings. The molecule has 0 unspecified atom stereocenters. The molecule has 0 aromatic heterocycles. The van der Waals surface area contributed by atoms with Gasteiger partial charge in [0.2, 0.25) is 0 Å². The van der Waals surface area contributed by atoms with Crippen molar-refractivity contribution in [3.63, 3.8) is 0 Å². The van der Waals surface area contributed by atoms with Gasteiger partial charge < -0.3 is 14.4 Å². The van der Waals surface area contributed by atoms with Crippen LogP contribution in [0.15, 0.2) is 176 Å². The quantitative estimate of drug-likeness (QED) is 0.0987. The Balaban J connectivity index is 1.38. The lowest BCUT2D eigenvalue weighted by atomic mass is 9.97. The lowest BCUT2D eigenvalue weighted by molar-refractivity contribution is 0.112. The van der Waals surface area contributed by atoms with Crippen molar-refractivity contribution in [2.75, 3.05) is 19.1 Å². The number of benzene rings is 6. The molecular formula is C45H37NO3. The molecule has 6 rings (SSSR count). The Morgan fingerprint density at radius 3 is 1.41 bits per heavy atom. The maximum absolute atomic E-state index is 11.4. The van der Waals surface area contributed by atoms with Gasteiger partial charge in [-0.3, -0.25) is 4.79 Å². The zero-order valence-corrected chi connectivity index (χ0v) is 27.6. The molecule has 0 aliphatic rings. The molecule has 0 atom stereocenters. The van der Waals surface area contributed by atoms with E-state index >= 15 is 0 Å². The Morgan fingerprint density at radius 2 is 0.918 bits per heavy atom. The van der Waals surface area contributed by atoms with E-state index in [1.165, 1.54) is 11.1 Å². The Bertz CT molecular complexity index is 2000. The van der Waals surface area contributed by atoms with Crippen LogP contribution in [0.4, 0.5) is 11.4 Å². The van der Waals surface area contributed by atoms with Gasteiger partial charge in [-0.05, 0) is 81.9 Å². The van der Waals surface area contributed by atoms with Gasteiger partial charge in [-0.15, -0.1) is 0 Å². The number of methoxy groups -OCH3 is 2. The monoisotopic (exact) mass is 639 g/mol. The maximum Gasteiger partial charge on any atom is 0.150 e. The van der Waals surface area contributed by atoms with Gasteiger partial charge in [0.1, 0.15) is 17.8 Å². The third-order valence-corrected chi connectivity index (χ3v) is 8.26. The highest BCUT2D eigenvalue weighted by atomic mass is 16.5. The van der Waals surface area contributed by atoms with Crippen molar-refractivity contribution in [2.24, 2.45) is 0 Å². The summed E-state index contributed by atoms with van der Waals surface area (Å²) in [5, 5.41) is 0. The summed E-state index contributed by atoms with van der Waals surface area (Å²) in [6.45, 7) is 0. The topological polar surface area (TPSA) is 38.8 Å². The predicted molar refractivity (Wildman–Crippen MR) is 202 cm³/mol. The number of rotatable bonds is 12. The van der Waals surface area contributed by atoms with E-state index in [2.05, 4.69) is 102 Å². The molecule has 4 nitrogen and oxygen atoms in total. The largest absolute Gasteiger partial charge is 0.497 e. The van der Waals surface area contributed by atoms with Crippen LogP contribution in [-0.4, -0.2) is 20.5 Å². The third-order valence-electron chi connectivity index (χ3n) is 8.26. The average Bonchev–Trinajstić information content (AvgIpc) is 3.18. The van der Waals surface area contributed by atoms with E-state index < -0.39 is 0 Å². The lowest BCUT2D eigenvalue weighted by Gasteiger charge is -2.24. The van der Waals surface area contributed by atoms with Crippen molar-refractivity contribution in [3.8, 4) is 11.5 Å². The van der Waals surface area contributed by atoms with Crippen molar-refractivity contribution in [1.29, 1.82) is 0 Å². The van der Waals surface area contributed by atoms with Crippen molar-refractivity contribution < 1.29 is 14.3 Å². The summed E-state index contributed by atoms with van der Waals surface area (Å²) in [7, 11) is 3.33. The van der Waals surface area contributed by atoms with Gasteiger partial charge in [-0.1, -0.05) is 127 Å². The minimum atomic E-state index is 0.628. The molecule has 0 amide bonds. The zero-order chi connectivity index (χ0) is 33.8. The van der Waals surface area contributed by atoms with E-state index in [-0.39, 0.29) is 0 Å². The molecule has 240 valence electrons. The van der Waals surface area contributed by atoms with Gasteiger partial charge in [-0.2, -0.15) is 0 Å². The molecule has 0 heterocycles. The van der Waals surface area contributed by atoms with Crippen LogP contribution in [0, 0.1) is 0 Å². The minimum absolute atomic E-state index is 0.628. The molecule has 0 aliphatic heterocycles. The summed E-state index contributed by atoms with van der Waals surface area (Å²) in [5.74, 6) is 1.57. The average molecular weight is 640 g/mol. The standard InChI is InChI=1S/C45H37NO3/c1-48-42-28-22-39(23-29-42)45(38-20-16-35(33-47)17-21-38)32-46(41-26-30-43(49-2)31-27-41)40-24-18-34(19-25-40)10-9-15-44(36-11-5-3-6-12-36)37-13-7-4-8-14-37/h3-33H,1-2H3. The van der Waals surface area contributed by atoms with E-state index in [0.717, 1.165) is 57.0 Å². The van der Waals surface area contributed by atoms with Crippen molar-refractivity contribution in [1.82, 2.24) is 0 Å². The van der Waals surface area contributed by atoms with Gasteiger partial charge in [0.05, 0.1) is 14.2 Å². The Hall–Kier alpha value is -6.39. The van der Waals surface area contributed by atoms with E-state index in [1.54, 1.807) is 14.2 Å². The highest BCUT2D eigenvalue weighted by Gasteiger charge is 2.13. The molecule has 6 aromatic rings. The van der Waals surface area contributed by atoms with Crippen LogP contribution < -0.4 is 14.4 Å². The van der Waals surface area contributed by atoms with Gasteiger partial charge in [-0.25, -0.2) is 0 Å². The van der Waals surface area contributed by atoms with E-state index in [0.29, 0.717) is 5.56 Å². The third kappa shape index (κ3) is 8.13. The van der Waals surface area contributed by atoms with Crippen LogP contribution in [0.2, 0.25) is 0 Å². The Kier molecular flexibility index (Phi) is 10.6. The maximum atomic E-state index is 11.4. The Labute approximate surface area is 288 Å². The van der Waals surface area contributed by atoms with E-state index in [1.807, 2.05) is 84.9 Å². The Morgan fingerprint density at radius 1 is 0.490 bits per heavy atom. The van der Waals surface area contributed by atoms with Gasteiger partial charge in [0.15, 0.2) is 0 Å². The summed E-state index contributed by atoms with van der Waals surface area (Å²) in [4.78, 5) is 13.6. The fraction of sp³-hybridized carbons (Fsp3) is 0.0444. The number of carbonyl (C=O) groups is 1. The number of ether oxygens (including phenoxy) is 2. The van der Waals surface area contributed by atoms with Crippen LogP contribution in [-0.2, 0) is 0 Å². The molecule has 0 aliphatic carbocycles. The normalized spacial score (nSPS) is 11.2. The number of hydrogen-bond donors (Lipinski definition) is 0. The fourth-order valence-corrected chi connectivity index (χ4v) is 5.59. The van der Waals surface area contributed by atoms with Crippen LogP contribution in [0.1, 0.15) is 38.2 Å². The van der Waals surface area contributed by atoms with E-state index in [4.69, 9.17) is 9.47 Å². The van der Waals surface area contributed by atoms with Gasteiger partial charge >= 0.3 is 0 Å². The summed E-state index contributed by atoms with van der Waals surface area (Å²) in [6.07, 6.45) is 9.40. The van der Waals surface area contributed by atoms with Crippen LogP contribution in [0.25, 0.3) is 17.2 Å². The van der Waals surface area contributed by atoms with Crippen LogP contribution >= 0.6 is 0 Å². The second-order valence-electron chi connectivity index (χ2n) is 11.3. The highest BCUT2D eigenvalue weighted by molar-refractivity contribution is 5.86. The molecule has 0 saturated heterocycles. The predicted octanol–water partition coefficient (Wildman–Crippen LogP) is 10.9. The molecule has 0 N–H and O–H groups in total. The summed E-state index contributed by atoms with van der Waals surface area (Å²) >= 11 is 0. The van der Waals surface area contributed by atoms with E-state index in [9.17, 15) is 4.79 Å². The number of aldehydes is 1. The van der Waals surface area contributed by atoms with Crippen molar-refractivity contribution in [2.45, 2.75) is 0 Å². The first-order valence-corrected chi connectivity index (χ1v) is 16.1. The number of allylic oxidation sites excluding steroid dienone is 2. The first-order valence-electron chi connectivity index (χ1n) is 16.1. The van der Waals surface area contributed by atoms with Crippen molar-refractivity contribution in [3.05, 3.63) is 209 Å². The zero-order valence-electron chi connectivity index (χ0n) is 27.6. The number of hydrogen-bond acceptors (Lipinski definition) is 4. The molecule has 6 aromatic carbocycles. The molecular weight excluding hydrogens is 602 g/mol. The number of anilines is 2. The molecule has 4 heteroatoms. The highest BCUT2D eigenvalue weighted by Crippen LogP contribution is 2.33. The molecule has 49 heavy (non-hydrogen) atoms. The molecule has 0 saturated carbocycles. The van der Waals surface area contributed by atoms with Crippen LogP contribution in [0.5, 0.6) is 11.5 Å². The molecule has 0 bridgehead atoms.